The van der Waals surface area contributed by atoms with Crippen LogP contribution in [0.4, 0.5) is 4.79 Å². The highest BCUT2D eigenvalue weighted by molar-refractivity contribution is 5.69. The second-order valence-corrected chi connectivity index (χ2v) is 8.06. The smallest absolute Gasteiger partial charge is 0.407 e. The molecule has 0 atom stereocenters. The Morgan fingerprint density at radius 2 is 1.37 bits per heavy atom. The van der Waals surface area contributed by atoms with Crippen LogP contribution in [0, 0.1) is 0 Å². The van der Waals surface area contributed by atoms with E-state index in [-0.39, 0.29) is 25.7 Å². The zero-order valence-electron chi connectivity index (χ0n) is 20.0. The molecule has 1 amide bonds. The number of amides is 1. The molecule has 1 N–H and O–H groups in total. The molecule has 184 valence electrons. The first-order valence-corrected chi connectivity index (χ1v) is 11.6. The molecule has 0 unspecified atom stereocenters. The maximum Gasteiger partial charge on any atom is 0.407 e. The summed E-state index contributed by atoms with van der Waals surface area (Å²) in [6.45, 7) is 2.03. The van der Waals surface area contributed by atoms with E-state index in [0.29, 0.717) is 26.1 Å². The summed E-state index contributed by atoms with van der Waals surface area (Å²) in [4.78, 5) is 26.2. The monoisotopic (exact) mass is 476 g/mol. The van der Waals surface area contributed by atoms with E-state index >= 15 is 0 Å². The molecule has 7 heteroatoms. The number of nitrogens with one attached hydrogen (secondary N) is 1. The molecule has 35 heavy (non-hydrogen) atoms. The van der Waals surface area contributed by atoms with Crippen molar-refractivity contribution in [1.29, 1.82) is 0 Å². The maximum atomic E-state index is 12.3. The van der Waals surface area contributed by atoms with Crippen molar-refractivity contribution in [2.75, 3.05) is 20.4 Å². The first kappa shape index (κ1) is 25.8. The van der Waals surface area contributed by atoms with E-state index in [0.717, 1.165) is 22.4 Å². The van der Waals surface area contributed by atoms with Crippen LogP contribution in [0.1, 0.15) is 29.5 Å². The lowest BCUT2D eigenvalue weighted by molar-refractivity contribution is -0.149. The lowest BCUT2D eigenvalue weighted by atomic mass is 10.2. The van der Waals surface area contributed by atoms with Gasteiger partial charge in [-0.3, -0.25) is 9.69 Å². The second kappa shape index (κ2) is 14.4. The van der Waals surface area contributed by atoms with E-state index in [1.54, 1.807) is 7.11 Å². The van der Waals surface area contributed by atoms with Crippen LogP contribution in [0.3, 0.4) is 0 Å². The van der Waals surface area contributed by atoms with Crippen LogP contribution in [-0.4, -0.2) is 37.3 Å². The van der Waals surface area contributed by atoms with Gasteiger partial charge < -0.3 is 19.5 Å². The van der Waals surface area contributed by atoms with Gasteiger partial charge in [0.25, 0.3) is 0 Å². The summed E-state index contributed by atoms with van der Waals surface area (Å²) < 4.78 is 15.8. The van der Waals surface area contributed by atoms with E-state index in [1.807, 2.05) is 60.7 Å². The van der Waals surface area contributed by atoms with Crippen LogP contribution < -0.4 is 10.1 Å². The Labute approximate surface area is 206 Å². The molecule has 0 radical (unpaired) electrons. The molecule has 3 aromatic rings. The highest BCUT2D eigenvalue weighted by Gasteiger charge is 2.11. The van der Waals surface area contributed by atoms with Crippen LogP contribution in [0.15, 0.2) is 84.9 Å². The number of methoxy groups -OCH3 is 1. The normalized spacial score (nSPS) is 10.6. The minimum Gasteiger partial charge on any atom is -0.497 e. The summed E-state index contributed by atoms with van der Waals surface area (Å²) in [6, 6.07) is 27.5. The average molecular weight is 477 g/mol. The lowest BCUT2D eigenvalue weighted by Crippen LogP contribution is -2.28. The van der Waals surface area contributed by atoms with E-state index < -0.39 is 6.09 Å². The van der Waals surface area contributed by atoms with Crippen LogP contribution in [0.2, 0.25) is 0 Å². The van der Waals surface area contributed by atoms with Gasteiger partial charge in [0.15, 0.2) is 0 Å². The topological polar surface area (TPSA) is 77.1 Å². The molecular formula is C28H32N2O5. The number of alkyl carbamates (subject to hydrolysis) is 1. The minimum absolute atomic E-state index is 0.163. The number of carbonyl (C=O) groups excluding carboxylic acids is 2. The zero-order chi connectivity index (χ0) is 24.7. The lowest BCUT2D eigenvalue weighted by Gasteiger charge is -2.22. The summed E-state index contributed by atoms with van der Waals surface area (Å²) in [6.07, 6.45) is 0.156. The number of hydrogen-bond acceptors (Lipinski definition) is 6. The van der Waals surface area contributed by atoms with Gasteiger partial charge in [0.05, 0.1) is 7.11 Å². The standard InChI is InChI=1S/C28H32N2O5/c1-33-26-16-14-25(15-17-26)21-34-28(32)29-18-8-13-27(31)35-22-30(19-23-9-4-2-5-10-23)20-24-11-6-3-7-12-24/h2-7,9-12,14-17H,8,13,18-22H2,1H3,(H,29,32). The largest absolute Gasteiger partial charge is 0.497 e. The summed E-state index contributed by atoms with van der Waals surface area (Å²) in [5.74, 6) is 0.442. The molecule has 0 aromatic heterocycles. The maximum absolute atomic E-state index is 12.3. The van der Waals surface area contributed by atoms with Gasteiger partial charge in [-0.05, 0) is 35.2 Å². The first-order chi connectivity index (χ1) is 17.1. The van der Waals surface area contributed by atoms with E-state index in [4.69, 9.17) is 14.2 Å². The van der Waals surface area contributed by atoms with Gasteiger partial charge in [0.2, 0.25) is 0 Å². The van der Waals surface area contributed by atoms with Crippen molar-refractivity contribution in [2.24, 2.45) is 0 Å². The van der Waals surface area contributed by atoms with Crippen molar-refractivity contribution in [3.8, 4) is 5.75 Å². The Morgan fingerprint density at radius 3 is 1.94 bits per heavy atom. The number of nitrogens with zero attached hydrogens (tertiary/aromatic N) is 1. The fourth-order valence-electron chi connectivity index (χ4n) is 3.41. The summed E-state index contributed by atoms with van der Waals surface area (Å²) in [7, 11) is 1.60. The Hall–Kier alpha value is -3.84. The fraction of sp³-hybridized carbons (Fsp3) is 0.286. The quantitative estimate of drug-likeness (QED) is 0.215. The molecule has 0 aliphatic heterocycles. The van der Waals surface area contributed by atoms with E-state index in [9.17, 15) is 9.59 Å². The van der Waals surface area contributed by atoms with Gasteiger partial charge in [-0.2, -0.15) is 0 Å². The number of benzene rings is 3. The molecule has 0 fully saturated rings. The minimum atomic E-state index is -0.522. The van der Waals surface area contributed by atoms with Crippen LogP contribution in [0.25, 0.3) is 0 Å². The highest BCUT2D eigenvalue weighted by atomic mass is 16.6. The summed E-state index contributed by atoms with van der Waals surface area (Å²) >= 11 is 0. The molecule has 0 saturated carbocycles. The molecular weight excluding hydrogens is 444 g/mol. The number of carbonyl (C=O) groups is 2. The van der Waals surface area contributed by atoms with Gasteiger partial charge in [-0.1, -0.05) is 72.8 Å². The van der Waals surface area contributed by atoms with Gasteiger partial charge in [-0.15, -0.1) is 0 Å². The Kier molecular flexibility index (Phi) is 10.6. The van der Waals surface area contributed by atoms with Crippen molar-refractivity contribution in [1.82, 2.24) is 10.2 Å². The molecule has 7 nitrogen and oxygen atoms in total. The molecule has 3 aromatic carbocycles. The van der Waals surface area contributed by atoms with Gasteiger partial charge in [-0.25, -0.2) is 4.79 Å². The van der Waals surface area contributed by atoms with Gasteiger partial charge in [0, 0.05) is 26.1 Å². The van der Waals surface area contributed by atoms with Crippen molar-refractivity contribution in [3.63, 3.8) is 0 Å². The summed E-state index contributed by atoms with van der Waals surface area (Å²) in [5, 5.41) is 2.66. The van der Waals surface area contributed by atoms with Gasteiger partial charge in [0.1, 0.15) is 19.1 Å². The van der Waals surface area contributed by atoms with E-state index in [1.165, 1.54) is 0 Å². The predicted molar refractivity (Wildman–Crippen MR) is 134 cm³/mol. The van der Waals surface area contributed by atoms with Crippen molar-refractivity contribution in [3.05, 3.63) is 102 Å². The van der Waals surface area contributed by atoms with Crippen LogP contribution >= 0.6 is 0 Å². The Morgan fingerprint density at radius 1 is 0.771 bits per heavy atom. The van der Waals surface area contributed by atoms with Crippen LogP contribution in [-0.2, 0) is 34.0 Å². The molecule has 0 aliphatic rings. The Balaban J connectivity index is 1.35. The molecule has 0 spiro atoms. The summed E-state index contributed by atoms with van der Waals surface area (Å²) in [5.41, 5.74) is 3.16. The molecule has 0 heterocycles. The third-order valence-corrected chi connectivity index (χ3v) is 5.26. The van der Waals surface area contributed by atoms with E-state index in [2.05, 4.69) is 34.5 Å². The SMILES string of the molecule is COc1ccc(COC(=O)NCCCC(=O)OCN(Cc2ccccc2)Cc2ccccc2)cc1. The number of ether oxygens (including phenoxy) is 3. The number of esters is 1. The van der Waals surface area contributed by atoms with Crippen LogP contribution in [0.5, 0.6) is 5.75 Å². The number of hydrogen-bond donors (Lipinski definition) is 1. The third kappa shape index (κ3) is 9.90. The van der Waals surface area contributed by atoms with Crippen molar-refractivity contribution >= 4 is 12.1 Å². The molecule has 0 saturated heterocycles. The molecule has 0 bridgehead atoms. The highest BCUT2D eigenvalue weighted by Crippen LogP contribution is 2.12. The second-order valence-electron chi connectivity index (χ2n) is 8.06. The van der Waals surface area contributed by atoms with Gasteiger partial charge >= 0.3 is 12.1 Å². The van der Waals surface area contributed by atoms with Crippen molar-refractivity contribution < 1.29 is 23.8 Å². The number of rotatable bonds is 13. The van der Waals surface area contributed by atoms with Crippen molar-refractivity contribution in [2.45, 2.75) is 32.5 Å². The third-order valence-electron chi connectivity index (χ3n) is 5.26. The molecule has 0 aliphatic carbocycles. The Bertz CT molecular complexity index is 985. The zero-order valence-corrected chi connectivity index (χ0v) is 20.0. The average Bonchev–Trinajstić information content (AvgIpc) is 2.90. The first-order valence-electron chi connectivity index (χ1n) is 11.6. The molecule has 3 rings (SSSR count). The fourth-order valence-corrected chi connectivity index (χ4v) is 3.41. The predicted octanol–water partition coefficient (Wildman–Crippen LogP) is 4.90.